The fourth-order valence-electron chi connectivity index (χ4n) is 2.04. The number of amides is 1. The van der Waals surface area contributed by atoms with Crippen LogP contribution in [-0.4, -0.2) is 42.2 Å². The maximum absolute atomic E-state index is 11.8. The quantitative estimate of drug-likeness (QED) is 0.932. The Kier molecular flexibility index (Phi) is 5.05. The average Bonchev–Trinajstić information content (AvgIpc) is 2.42. The van der Waals surface area contributed by atoms with Crippen molar-refractivity contribution in [1.29, 1.82) is 0 Å². The van der Waals surface area contributed by atoms with E-state index in [0.29, 0.717) is 29.7 Å². The van der Waals surface area contributed by atoms with E-state index in [1.807, 2.05) is 6.07 Å². The van der Waals surface area contributed by atoms with Crippen molar-refractivity contribution in [3.63, 3.8) is 0 Å². The van der Waals surface area contributed by atoms with Gasteiger partial charge < -0.3 is 14.7 Å². The van der Waals surface area contributed by atoms with Crippen molar-refractivity contribution in [2.45, 2.75) is 12.5 Å². The summed E-state index contributed by atoms with van der Waals surface area (Å²) in [6.07, 6.45) is -0.0557. The van der Waals surface area contributed by atoms with E-state index in [9.17, 15) is 4.79 Å². The summed E-state index contributed by atoms with van der Waals surface area (Å²) in [7, 11) is 0. The zero-order valence-corrected chi connectivity index (χ0v) is 11.8. The molecule has 1 aliphatic rings. The average molecular weight is 304 g/mol. The van der Waals surface area contributed by atoms with Crippen molar-refractivity contribution >= 4 is 29.1 Å². The van der Waals surface area contributed by atoms with E-state index in [-0.39, 0.29) is 25.0 Å². The molecule has 1 aromatic carbocycles. The molecule has 2 rings (SSSR count). The van der Waals surface area contributed by atoms with Crippen LogP contribution in [0.4, 0.5) is 0 Å². The van der Waals surface area contributed by atoms with Crippen LogP contribution in [0.25, 0.3) is 0 Å². The first kappa shape index (κ1) is 14.6. The summed E-state index contributed by atoms with van der Waals surface area (Å²) >= 11 is 11.9. The molecule has 1 fully saturated rings. The van der Waals surface area contributed by atoms with E-state index in [1.165, 1.54) is 0 Å². The van der Waals surface area contributed by atoms with Gasteiger partial charge in [0.25, 0.3) is 0 Å². The topological polar surface area (TPSA) is 49.8 Å². The summed E-state index contributed by atoms with van der Waals surface area (Å²) in [5.41, 5.74) is 0.899. The summed E-state index contributed by atoms with van der Waals surface area (Å²) < 4.78 is 5.66. The van der Waals surface area contributed by atoms with Crippen LogP contribution in [0.3, 0.4) is 0 Å². The van der Waals surface area contributed by atoms with Crippen LogP contribution >= 0.6 is 23.2 Å². The van der Waals surface area contributed by atoms with Gasteiger partial charge in [-0.15, -0.1) is 0 Å². The van der Waals surface area contributed by atoms with Crippen LogP contribution in [0.2, 0.25) is 10.0 Å². The van der Waals surface area contributed by atoms with E-state index in [4.69, 9.17) is 33.0 Å². The largest absolute Gasteiger partial charge is 0.396 e. The number of nitrogens with zero attached hydrogens (tertiary/aromatic N) is 1. The fourth-order valence-corrected chi connectivity index (χ4v) is 2.35. The monoisotopic (exact) mass is 303 g/mol. The van der Waals surface area contributed by atoms with Crippen LogP contribution in [0.15, 0.2) is 18.2 Å². The molecule has 1 atom stereocenters. The Morgan fingerprint density at radius 3 is 2.89 bits per heavy atom. The third-order valence-electron chi connectivity index (χ3n) is 3.06. The lowest BCUT2D eigenvalue weighted by Gasteiger charge is -2.33. The molecule has 0 aliphatic carbocycles. The van der Waals surface area contributed by atoms with Crippen LogP contribution in [0, 0.1) is 0 Å². The number of benzene rings is 1. The highest BCUT2D eigenvalue weighted by atomic mass is 35.5. The molecule has 0 aromatic heterocycles. The number of rotatable bonds is 3. The highest BCUT2D eigenvalue weighted by Crippen LogP contribution is 2.29. The Balaban J connectivity index is 2.08. The van der Waals surface area contributed by atoms with Gasteiger partial charge in [0.05, 0.1) is 29.8 Å². The number of morpholine rings is 1. The summed E-state index contributed by atoms with van der Waals surface area (Å²) in [5.74, 6) is -0.0594. The van der Waals surface area contributed by atoms with E-state index in [0.717, 1.165) is 5.56 Å². The molecule has 0 radical (unpaired) electrons. The first-order valence-corrected chi connectivity index (χ1v) is 6.82. The third kappa shape index (κ3) is 3.60. The highest BCUT2D eigenvalue weighted by Gasteiger charge is 2.25. The van der Waals surface area contributed by atoms with Gasteiger partial charge in [-0.05, 0) is 17.7 Å². The Morgan fingerprint density at radius 1 is 1.42 bits per heavy atom. The molecular formula is C13H15Cl2NO3. The summed E-state index contributed by atoms with van der Waals surface area (Å²) in [4.78, 5) is 13.5. The molecule has 6 heteroatoms. The van der Waals surface area contributed by atoms with Crippen molar-refractivity contribution < 1.29 is 14.6 Å². The number of carbonyl (C=O) groups is 1. The van der Waals surface area contributed by atoms with E-state index < -0.39 is 0 Å². The van der Waals surface area contributed by atoms with Crippen molar-refractivity contribution in [2.75, 3.05) is 26.3 Å². The number of carbonyl (C=O) groups excluding carboxylic acids is 1. The molecule has 0 spiro atoms. The zero-order chi connectivity index (χ0) is 13.8. The lowest BCUT2D eigenvalue weighted by Crippen LogP contribution is -2.42. The fraction of sp³-hybridized carbons (Fsp3) is 0.462. The van der Waals surface area contributed by atoms with Gasteiger partial charge in [0, 0.05) is 13.0 Å². The third-order valence-corrected chi connectivity index (χ3v) is 3.80. The molecular weight excluding hydrogens is 289 g/mol. The Morgan fingerprint density at radius 2 is 2.21 bits per heavy atom. The molecule has 1 aliphatic heterocycles. The van der Waals surface area contributed by atoms with E-state index >= 15 is 0 Å². The van der Waals surface area contributed by atoms with Crippen molar-refractivity contribution in [3.8, 4) is 0 Å². The Hall–Kier alpha value is -0.810. The van der Waals surface area contributed by atoms with Gasteiger partial charge in [0.1, 0.15) is 6.10 Å². The lowest BCUT2D eigenvalue weighted by molar-refractivity contribution is -0.139. The second-order valence-corrected chi connectivity index (χ2v) is 5.16. The number of hydrogen-bond donors (Lipinski definition) is 1. The number of hydrogen-bond acceptors (Lipinski definition) is 3. The molecule has 19 heavy (non-hydrogen) atoms. The maximum atomic E-state index is 11.8. The number of aliphatic hydroxyl groups excluding tert-OH is 1. The summed E-state index contributed by atoms with van der Waals surface area (Å²) in [6, 6.07) is 5.32. The van der Waals surface area contributed by atoms with Gasteiger partial charge >= 0.3 is 0 Å². The summed E-state index contributed by atoms with van der Waals surface area (Å²) in [5, 5.41) is 9.77. The predicted molar refractivity (Wildman–Crippen MR) is 73.4 cm³/mol. The first-order chi connectivity index (χ1) is 9.11. The maximum Gasteiger partial charge on any atom is 0.225 e. The van der Waals surface area contributed by atoms with Crippen LogP contribution in [0.1, 0.15) is 18.1 Å². The molecule has 0 bridgehead atoms. The van der Waals surface area contributed by atoms with Gasteiger partial charge in [-0.2, -0.15) is 0 Å². The van der Waals surface area contributed by atoms with Gasteiger partial charge in [0.2, 0.25) is 5.91 Å². The molecule has 104 valence electrons. The second kappa shape index (κ2) is 6.57. The highest BCUT2D eigenvalue weighted by molar-refractivity contribution is 6.42. The molecule has 0 saturated carbocycles. The lowest BCUT2D eigenvalue weighted by atomic mass is 10.1. The van der Waals surface area contributed by atoms with Gasteiger partial charge in [0.15, 0.2) is 0 Å². The summed E-state index contributed by atoms with van der Waals surface area (Å²) in [6.45, 7) is 1.36. The van der Waals surface area contributed by atoms with Crippen molar-refractivity contribution in [1.82, 2.24) is 4.90 Å². The Labute approximate surface area is 121 Å². The zero-order valence-electron chi connectivity index (χ0n) is 10.3. The SMILES string of the molecule is O=C(CCO)N1CCOC(c2ccc(Cl)c(Cl)c2)C1. The first-order valence-electron chi connectivity index (χ1n) is 6.07. The molecule has 1 N–H and O–H groups in total. The minimum Gasteiger partial charge on any atom is -0.396 e. The molecule has 1 unspecified atom stereocenters. The van der Waals surface area contributed by atoms with Crippen molar-refractivity contribution in [2.24, 2.45) is 0 Å². The van der Waals surface area contributed by atoms with Gasteiger partial charge in [-0.3, -0.25) is 4.79 Å². The molecule has 1 aromatic rings. The predicted octanol–water partition coefficient (Wildman–Crippen LogP) is 2.28. The molecule has 1 saturated heterocycles. The van der Waals surface area contributed by atoms with Crippen LogP contribution in [-0.2, 0) is 9.53 Å². The number of ether oxygens (including phenoxy) is 1. The van der Waals surface area contributed by atoms with E-state index in [2.05, 4.69) is 0 Å². The van der Waals surface area contributed by atoms with Crippen molar-refractivity contribution in [3.05, 3.63) is 33.8 Å². The smallest absolute Gasteiger partial charge is 0.225 e. The standard InChI is InChI=1S/C13H15Cl2NO3/c14-10-2-1-9(7-11(10)15)12-8-16(4-6-19-12)13(18)3-5-17/h1-2,7,12,17H,3-6,8H2. The molecule has 1 amide bonds. The second-order valence-electron chi connectivity index (χ2n) is 4.35. The van der Waals surface area contributed by atoms with Crippen LogP contribution < -0.4 is 0 Å². The number of halogens is 2. The van der Waals surface area contributed by atoms with Crippen LogP contribution in [0.5, 0.6) is 0 Å². The minimum absolute atomic E-state index is 0.0594. The molecule has 1 heterocycles. The van der Waals surface area contributed by atoms with E-state index in [1.54, 1.807) is 17.0 Å². The minimum atomic E-state index is -0.203. The van der Waals surface area contributed by atoms with Gasteiger partial charge in [-0.1, -0.05) is 29.3 Å². The number of aliphatic hydroxyl groups is 1. The molecule has 4 nitrogen and oxygen atoms in total. The van der Waals surface area contributed by atoms with Gasteiger partial charge in [-0.25, -0.2) is 0 Å². The Bertz CT molecular complexity index is 467. The normalized spacial score (nSPS) is 19.5.